The molecule has 1 aliphatic rings. The fourth-order valence-electron chi connectivity index (χ4n) is 10.4. The summed E-state index contributed by atoms with van der Waals surface area (Å²) in [5.74, 6) is 0. The molecule has 1 aliphatic carbocycles. The lowest BCUT2D eigenvalue weighted by Crippen LogP contribution is -2.14. The quantitative estimate of drug-likeness (QED) is 0.164. The molecule has 0 radical (unpaired) electrons. The molecule has 2 heterocycles. The van der Waals surface area contributed by atoms with E-state index < -0.39 is 0 Å². The van der Waals surface area contributed by atoms with Gasteiger partial charge in [-0.25, -0.2) is 0 Å². The summed E-state index contributed by atoms with van der Waals surface area (Å²) >= 11 is 0. The van der Waals surface area contributed by atoms with Gasteiger partial charge >= 0.3 is 0 Å². The molecule has 13 rings (SSSR count). The van der Waals surface area contributed by atoms with E-state index in [0.717, 1.165) is 27.6 Å². The highest BCUT2D eigenvalue weighted by atomic mass is 16.3. The summed E-state index contributed by atoms with van der Waals surface area (Å²) in [7, 11) is 0. The molecule has 0 spiro atoms. The monoisotopic (exact) mass is 751 g/mol. The van der Waals surface area contributed by atoms with E-state index in [4.69, 9.17) is 4.42 Å². The number of fused-ring (bicyclic) bond motifs is 13. The summed E-state index contributed by atoms with van der Waals surface area (Å²) < 4.78 is 8.59. The Kier molecular flexibility index (Phi) is 6.54. The van der Waals surface area contributed by atoms with Gasteiger partial charge in [-0.3, -0.25) is 0 Å². The minimum Gasteiger partial charge on any atom is -0.456 e. The Morgan fingerprint density at radius 3 is 1.98 bits per heavy atom. The largest absolute Gasteiger partial charge is 0.456 e. The smallest absolute Gasteiger partial charge is 0.135 e. The molecule has 0 amide bonds. The average molecular weight is 752 g/mol. The molecule has 2 heteroatoms. The molecular formula is C57H37NO. The first-order chi connectivity index (χ1) is 29.0. The molecular weight excluding hydrogens is 715 g/mol. The van der Waals surface area contributed by atoms with Gasteiger partial charge in [0.2, 0.25) is 0 Å². The average Bonchev–Trinajstić information content (AvgIpc) is 3.89. The number of benzene rings is 10. The van der Waals surface area contributed by atoms with Crippen molar-refractivity contribution in [3.63, 3.8) is 0 Å². The van der Waals surface area contributed by atoms with Gasteiger partial charge in [0.25, 0.3) is 0 Å². The Bertz CT molecular complexity index is 3760. The summed E-state index contributed by atoms with van der Waals surface area (Å²) in [6, 6.07) is 69.6. The molecule has 59 heavy (non-hydrogen) atoms. The molecule has 0 saturated carbocycles. The summed E-state index contributed by atoms with van der Waals surface area (Å²) in [5.41, 5.74) is 15.7. The van der Waals surface area contributed by atoms with Crippen molar-refractivity contribution < 1.29 is 4.42 Å². The van der Waals surface area contributed by atoms with Crippen LogP contribution in [0.2, 0.25) is 0 Å². The van der Waals surface area contributed by atoms with Gasteiger partial charge in [-0.15, -0.1) is 0 Å². The second-order valence-corrected chi connectivity index (χ2v) is 16.9. The van der Waals surface area contributed by atoms with Crippen molar-refractivity contribution in [1.82, 2.24) is 4.57 Å². The van der Waals surface area contributed by atoms with E-state index in [1.54, 1.807) is 0 Å². The summed E-state index contributed by atoms with van der Waals surface area (Å²) in [6.45, 7) is 4.76. The molecule has 276 valence electrons. The minimum absolute atomic E-state index is 0.104. The molecule has 10 aromatic carbocycles. The molecule has 0 aliphatic heterocycles. The zero-order valence-corrected chi connectivity index (χ0v) is 32.8. The van der Waals surface area contributed by atoms with Gasteiger partial charge in [0.15, 0.2) is 0 Å². The summed E-state index contributed by atoms with van der Waals surface area (Å²) in [5, 5.41) is 12.4. The van der Waals surface area contributed by atoms with Crippen molar-refractivity contribution >= 4 is 76.1 Å². The Labute approximate surface area is 341 Å². The van der Waals surface area contributed by atoms with Crippen LogP contribution >= 0.6 is 0 Å². The van der Waals surface area contributed by atoms with E-state index >= 15 is 0 Å². The van der Waals surface area contributed by atoms with E-state index in [0.29, 0.717) is 0 Å². The van der Waals surface area contributed by atoms with Gasteiger partial charge in [-0.2, -0.15) is 0 Å². The number of para-hydroxylation sites is 2. The van der Waals surface area contributed by atoms with Crippen LogP contribution in [-0.2, 0) is 5.41 Å². The predicted octanol–water partition coefficient (Wildman–Crippen LogP) is 15.8. The van der Waals surface area contributed by atoms with Crippen LogP contribution in [-0.4, -0.2) is 4.57 Å². The fraction of sp³-hybridized carbons (Fsp3) is 0.0526. The van der Waals surface area contributed by atoms with Gasteiger partial charge in [0.05, 0.1) is 11.0 Å². The molecule has 0 N–H and O–H groups in total. The minimum atomic E-state index is -0.104. The first-order valence-corrected chi connectivity index (χ1v) is 20.6. The van der Waals surface area contributed by atoms with Gasteiger partial charge in [0, 0.05) is 32.6 Å². The number of nitrogens with zero attached hydrogens (tertiary/aromatic N) is 1. The van der Waals surface area contributed by atoms with Gasteiger partial charge in [-0.05, 0) is 144 Å². The third-order valence-electron chi connectivity index (χ3n) is 13.3. The first kappa shape index (κ1) is 32.6. The van der Waals surface area contributed by atoms with Crippen molar-refractivity contribution in [1.29, 1.82) is 0 Å². The predicted molar refractivity (Wildman–Crippen MR) is 249 cm³/mol. The molecule has 2 aromatic heterocycles. The summed E-state index contributed by atoms with van der Waals surface area (Å²) in [4.78, 5) is 0. The van der Waals surface area contributed by atoms with E-state index in [1.165, 1.54) is 98.6 Å². The number of hydrogen-bond donors (Lipinski definition) is 0. The maximum absolute atomic E-state index is 6.15. The van der Waals surface area contributed by atoms with E-state index in [2.05, 4.69) is 194 Å². The van der Waals surface area contributed by atoms with Gasteiger partial charge in [-0.1, -0.05) is 135 Å². The SMILES string of the molecule is CC1(C)c2ccc(-c3cccc4ccccc34)cc2-c2c1ccc1cc3ccc(-n4c5ccccc5c5cc(-c6ccc7oc8ccccc8c7c6)ccc54)cc3cc21. The third-order valence-corrected chi connectivity index (χ3v) is 13.3. The standard InChI is InChI=1S/C57H37NO/c1-57(2)50-24-19-39(43-15-9-11-34-10-3-4-12-42(34)43)32-49(50)56-46-33-40-29-41(23-18-35(40)28-38(46)20-25-51(56)57)58-52-16-7-5-13-44(52)47-30-36(21-26-53(47)58)37-22-27-55-48(31-37)45-14-6-8-17-54(45)59-55/h3-33H,1-2H3. The lowest BCUT2D eigenvalue weighted by atomic mass is 9.81. The van der Waals surface area contributed by atoms with Crippen molar-refractivity contribution in [2.45, 2.75) is 19.3 Å². The van der Waals surface area contributed by atoms with Crippen molar-refractivity contribution in [2.24, 2.45) is 0 Å². The van der Waals surface area contributed by atoms with Crippen LogP contribution in [0, 0.1) is 0 Å². The first-order valence-electron chi connectivity index (χ1n) is 20.6. The lowest BCUT2D eigenvalue weighted by Gasteiger charge is -2.22. The molecule has 0 unspecified atom stereocenters. The normalized spacial score (nSPS) is 13.4. The van der Waals surface area contributed by atoms with Crippen LogP contribution < -0.4 is 0 Å². The molecule has 0 bridgehead atoms. The highest BCUT2D eigenvalue weighted by Gasteiger charge is 2.36. The van der Waals surface area contributed by atoms with Crippen LogP contribution in [0.1, 0.15) is 25.0 Å². The highest BCUT2D eigenvalue weighted by molar-refractivity contribution is 6.13. The zero-order chi connectivity index (χ0) is 39.0. The van der Waals surface area contributed by atoms with Crippen LogP contribution in [0.4, 0.5) is 0 Å². The molecule has 0 fully saturated rings. The maximum atomic E-state index is 6.15. The number of furan rings is 1. The molecule has 0 saturated heterocycles. The van der Waals surface area contributed by atoms with Crippen LogP contribution in [0.3, 0.4) is 0 Å². The molecule has 0 atom stereocenters. The van der Waals surface area contributed by atoms with Crippen LogP contribution in [0.15, 0.2) is 192 Å². The van der Waals surface area contributed by atoms with Gasteiger partial charge in [0.1, 0.15) is 11.2 Å². The van der Waals surface area contributed by atoms with E-state index in [9.17, 15) is 0 Å². The van der Waals surface area contributed by atoms with E-state index in [-0.39, 0.29) is 5.41 Å². The third kappa shape index (κ3) is 4.63. The Morgan fingerprint density at radius 2 is 1.07 bits per heavy atom. The van der Waals surface area contributed by atoms with Crippen molar-refractivity contribution in [3.8, 4) is 39.1 Å². The number of hydrogen-bond acceptors (Lipinski definition) is 1. The van der Waals surface area contributed by atoms with Crippen LogP contribution in [0.25, 0.3) is 115 Å². The number of rotatable bonds is 3. The highest BCUT2D eigenvalue weighted by Crippen LogP contribution is 2.53. The number of aromatic nitrogens is 1. The van der Waals surface area contributed by atoms with Crippen LogP contribution in [0.5, 0.6) is 0 Å². The summed E-state index contributed by atoms with van der Waals surface area (Å²) in [6.07, 6.45) is 0. The molecule has 12 aromatic rings. The topological polar surface area (TPSA) is 18.1 Å². The van der Waals surface area contributed by atoms with E-state index in [1.807, 2.05) is 12.1 Å². The fourth-order valence-corrected chi connectivity index (χ4v) is 10.4. The zero-order valence-electron chi connectivity index (χ0n) is 32.8. The Hall–Kier alpha value is -7.42. The Balaban J connectivity index is 0.976. The second-order valence-electron chi connectivity index (χ2n) is 16.9. The van der Waals surface area contributed by atoms with Crippen molar-refractivity contribution in [3.05, 3.63) is 199 Å². The second kappa shape index (κ2) is 11.8. The van der Waals surface area contributed by atoms with Gasteiger partial charge < -0.3 is 8.98 Å². The lowest BCUT2D eigenvalue weighted by molar-refractivity contribution is 0.661. The maximum Gasteiger partial charge on any atom is 0.135 e. The van der Waals surface area contributed by atoms with Crippen molar-refractivity contribution in [2.75, 3.05) is 0 Å². The molecule has 2 nitrogen and oxygen atoms in total. The Morgan fingerprint density at radius 1 is 0.373 bits per heavy atom.